The second-order valence-corrected chi connectivity index (χ2v) is 7.44. The molecule has 0 saturated heterocycles. The minimum atomic E-state index is -1.06. The van der Waals surface area contributed by atoms with Crippen molar-refractivity contribution in [1.29, 1.82) is 0 Å². The van der Waals surface area contributed by atoms with Crippen molar-refractivity contribution in [2.24, 2.45) is 0 Å². The summed E-state index contributed by atoms with van der Waals surface area (Å²) < 4.78 is 10.5. The van der Waals surface area contributed by atoms with Crippen LogP contribution in [0.1, 0.15) is 49.3 Å². The number of benzene rings is 2. The van der Waals surface area contributed by atoms with Gasteiger partial charge in [-0.1, -0.05) is 17.7 Å². The number of carbonyl (C=O) groups excluding carboxylic acids is 4. The SMILES string of the molecule is Cc1ccc(NC(=O)[C@@H](C)OC(=O)c2ccc3c(c2)C(=O)N(Cc2ccco2)C3=O)cc1. The summed E-state index contributed by atoms with van der Waals surface area (Å²) in [5.41, 5.74) is 2.01. The Morgan fingerprint density at radius 3 is 2.44 bits per heavy atom. The Morgan fingerprint density at radius 1 is 1.03 bits per heavy atom. The molecule has 0 saturated carbocycles. The molecule has 0 fully saturated rings. The van der Waals surface area contributed by atoms with Crippen LogP contribution in [0.25, 0.3) is 0 Å². The lowest BCUT2D eigenvalue weighted by Gasteiger charge is -2.14. The highest BCUT2D eigenvalue weighted by atomic mass is 16.5. The maximum atomic E-state index is 12.7. The Balaban J connectivity index is 1.44. The number of aryl methyl sites for hydroxylation is 1. The highest BCUT2D eigenvalue weighted by molar-refractivity contribution is 6.21. The molecule has 1 N–H and O–H groups in total. The van der Waals surface area contributed by atoms with Crippen LogP contribution in [0, 0.1) is 6.92 Å². The third-order valence-corrected chi connectivity index (χ3v) is 5.07. The van der Waals surface area contributed by atoms with E-state index in [1.807, 2.05) is 19.1 Å². The number of rotatable bonds is 6. The first-order valence-corrected chi connectivity index (χ1v) is 9.94. The molecule has 0 bridgehead atoms. The molecular weight excluding hydrogens is 412 g/mol. The van der Waals surface area contributed by atoms with Crippen LogP contribution in [0.5, 0.6) is 0 Å². The largest absolute Gasteiger partial charge is 0.467 e. The molecule has 0 radical (unpaired) electrons. The predicted octanol–water partition coefficient (Wildman–Crippen LogP) is 3.57. The van der Waals surface area contributed by atoms with Crippen molar-refractivity contribution in [2.75, 3.05) is 5.32 Å². The number of esters is 1. The molecule has 0 aliphatic carbocycles. The van der Waals surface area contributed by atoms with Gasteiger partial charge in [-0.2, -0.15) is 0 Å². The molecule has 3 amide bonds. The van der Waals surface area contributed by atoms with Crippen LogP contribution < -0.4 is 5.32 Å². The molecule has 1 aliphatic heterocycles. The smallest absolute Gasteiger partial charge is 0.338 e. The zero-order valence-electron chi connectivity index (χ0n) is 17.5. The molecule has 0 unspecified atom stereocenters. The standard InChI is InChI=1S/C24H20N2O6/c1-14-5-8-17(9-6-14)25-21(27)15(2)32-24(30)16-7-10-19-20(12-16)23(29)26(22(19)28)13-18-4-3-11-31-18/h3-12,15H,13H2,1-2H3,(H,25,27)/t15-/m1/s1. The van der Waals surface area contributed by atoms with E-state index in [2.05, 4.69) is 5.32 Å². The van der Waals surface area contributed by atoms with E-state index in [4.69, 9.17) is 9.15 Å². The molecule has 1 aromatic heterocycles. The van der Waals surface area contributed by atoms with Crippen molar-refractivity contribution in [2.45, 2.75) is 26.5 Å². The first-order chi connectivity index (χ1) is 15.3. The molecule has 1 atom stereocenters. The van der Waals surface area contributed by atoms with Crippen LogP contribution in [0.3, 0.4) is 0 Å². The van der Waals surface area contributed by atoms with E-state index in [0.717, 1.165) is 10.5 Å². The quantitative estimate of drug-likeness (QED) is 0.472. The van der Waals surface area contributed by atoms with Crippen LogP contribution in [0.2, 0.25) is 0 Å². The van der Waals surface area contributed by atoms with Crippen LogP contribution >= 0.6 is 0 Å². The molecule has 162 valence electrons. The summed E-state index contributed by atoms with van der Waals surface area (Å²) in [7, 11) is 0. The molecule has 0 spiro atoms. The van der Waals surface area contributed by atoms with Gasteiger partial charge in [0.05, 0.1) is 29.5 Å². The fourth-order valence-corrected chi connectivity index (χ4v) is 3.28. The lowest BCUT2D eigenvalue weighted by Crippen LogP contribution is -2.30. The van der Waals surface area contributed by atoms with Crippen molar-refractivity contribution in [3.8, 4) is 0 Å². The number of furan rings is 1. The van der Waals surface area contributed by atoms with Crippen LogP contribution in [-0.4, -0.2) is 34.7 Å². The van der Waals surface area contributed by atoms with E-state index in [9.17, 15) is 19.2 Å². The molecule has 4 rings (SSSR count). The average Bonchev–Trinajstić information content (AvgIpc) is 3.38. The van der Waals surface area contributed by atoms with Crippen molar-refractivity contribution in [1.82, 2.24) is 4.90 Å². The number of ether oxygens (including phenoxy) is 1. The number of fused-ring (bicyclic) bond motifs is 1. The van der Waals surface area contributed by atoms with Gasteiger partial charge >= 0.3 is 5.97 Å². The number of anilines is 1. The first-order valence-electron chi connectivity index (χ1n) is 9.94. The van der Waals surface area contributed by atoms with Gasteiger partial charge in [-0.15, -0.1) is 0 Å². The number of amides is 3. The van der Waals surface area contributed by atoms with Gasteiger partial charge in [0.25, 0.3) is 17.7 Å². The third-order valence-electron chi connectivity index (χ3n) is 5.07. The summed E-state index contributed by atoms with van der Waals surface area (Å²) in [5.74, 6) is -1.79. The lowest BCUT2D eigenvalue weighted by atomic mass is 10.1. The van der Waals surface area contributed by atoms with Gasteiger partial charge in [0.15, 0.2) is 6.10 Å². The fourth-order valence-electron chi connectivity index (χ4n) is 3.28. The van der Waals surface area contributed by atoms with Crippen LogP contribution in [0.4, 0.5) is 5.69 Å². The second-order valence-electron chi connectivity index (χ2n) is 7.44. The second kappa shape index (κ2) is 8.50. The van der Waals surface area contributed by atoms with Gasteiger partial charge in [0, 0.05) is 5.69 Å². The Kier molecular flexibility index (Phi) is 5.59. The summed E-state index contributed by atoms with van der Waals surface area (Å²) >= 11 is 0. The Hall–Kier alpha value is -4.20. The average molecular weight is 432 g/mol. The monoisotopic (exact) mass is 432 g/mol. The summed E-state index contributed by atoms with van der Waals surface area (Å²) in [6.07, 6.45) is 0.391. The number of nitrogens with one attached hydrogen (secondary N) is 1. The van der Waals surface area contributed by atoms with Gasteiger partial charge in [-0.05, 0) is 56.3 Å². The predicted molar refractivity (Wildman–Crippen MR) is 114 cm³/mol. The Bertz CT molecular complexity index is 1200. The first kappa shape index (κ1) is 21.0. The topological polar surface area (TPSA) is 106 Å². The van der Waals surface area contributed by atoms with Crippen molar-refractivity contribution in [3.63, 3.8) is 0 Å². The molecule has 8 heteroatoms. The van der Waals surface area contributed by atoms with Crippen molar-refractivity contribution < 1.29 is 28.3 Å². The zero-order chi connectivity index (χ0) is 22.8. The van der Waals surface area contributed by atoms with Crippen molar-refractivity contribution in [3.05, 3.63) is 88.9 Å². The summed E-state index contributed by atoms with van der Waals surface area (Å²) in [6, 6.07) is 14.6. The molecule has 1 aliphatic rings. The number of nitrogens with zero attached hydrogens (tertiary/aromatic N) is 1. The highest BCUT2D eigenvalue weighted by Crippen LogP contribution is 2.26. The summed E-state index contributed by atoms with van der Waals surface area (Å²) in [6.45, 7) is 3.38. The van der Waals surface area contributed by atoms with E-state index in [1.54, 1.807) is 24.3 Å². The van der Waals surface area contributed by atoms with Gasteiger partial charge in [-0.25, -0.2) is 4.79 Å². The number of hydrogen-bond acceptors (Lipinski definition) is 6. The number of hydrogen-bond donors (Lipinski definition) is 1. The molecule has 8 nitrogen and oxygen atoms in total. The Labute approximate surface area is 183 Å². The highest BCUT2D eigenvalue weighted by Gasteiger charge is 2.36. The fraction of sp³-hybridized carbons (Fsp3) is 0.167. The molecular formula is C24H20N2O6. The molecule has 2 aromatic carbocycles. The minimum absolute atomic E-state index is 0.00462. The maximum Gasteiger partial charge on any atom is 0.338 e. The number of carbonyl (C=O) groups is 4. The van der Waals surface area contributed by atoms with Gasteiger partial charge in [0.1, 0.15) is 5.76 Å². The molecule has 32 heavy (non-hydrogen) atoms. The zero-order valence-corrected chi connectivity index (χ0v) is 17.5. The van der Waals surface area contributed by atoms with E-state index in [0.29, 0.717) is 11.4 Å². The minimum Gasteiger partial charge on any atom is -0.467 e. The van der Waals surface area contributed by atoms with Crippen LogP contribution in [-0.2, 0) is 16.1 Å². The normalized spacial score (nSPS) is 13.6. The lowest BCUT2D eigenvalue weighted by molar-refractivity contribution is -0.123. The third kappa shape index (κ3) is 4.15. The molecule has 3 aromatic rings. The number of imide groups is 1. The van der Waals surface area contributed by atoms with E-state index >= 15 is 0 Å². The van der Waals surface area contributed by atoms with Gasteiger partial charge < -0.3 is 14.5 Å². The van der Waals surface area contributed by atoms with E-state index in [-0.39, 0.29) is 23.2 Å². The van der Waals surface area contributed by atoms with Crippen LogP contribution in [0.15, 0.2) is 65.3 Å². The molecule has 2 heterocycles. The summed E-state index contributed by atoms with van der Waals surface area (Å²) in [5, 5.41) is 2.68. The van der Waals surface area contributed by atoms with Gasteiger partial charge in [0.2, 0.25) is 0 Å². The van der Waals surface area contributed by atoms with E-state index < -0.39 is 29.8 Å². The Morgan fingerprint density at radius 2 is 1.75 bits per heavy atom. The summed E-state index contributed by atoms with van der Waals surface area (Å²) in [4.78, 5) is 51.2. The van der Waals surface area contributed by atoms with Gasteiger partial charge in [-0.3, -0.25) is 19.3 Å². The maximum absolute atomic E-state index is 12.7. The van der Waals surface area contributed by atoms with E-state index in [1.165, 1.54) is 31.4 Å². The van der Waals surface area contributed by atoms with Crippen molar-refractivity contribution >= 4 is 29.4 Å².